The number of nitrogens with zero attached hydrogens (tertiary/aromatic N) is 1. The first kappa shape index (κ1) is 13.6. The molecule has 0 amide bonds. The van der Waals surface area contributed by atoms with Gasteiger partial charge in [0.1, 0.15) is 0 Å². The van der Waals surface area contributed by atoms with Crippen LogP contribution in [0.15, 0.2) is 16.0 Å². The number of halogens is 1. The third-order valence-corrected chi connectivity index (χ3v) is 4.38. The number of oxazole rings is 1. The maximum atomic E-state index is 6.21. The SMILES string of the molecule is CCNCCCc1ncc(-c2scc(C)c2Cl)o1. The number of aryl methyl sites for hydroxylation is 2. The Morgan fingerprint density at radius 2 is 2.33 bits per heavy atom. The molecule has 0 aliphatic rings. The van der Waals surface area contributed by atoms with Gasteiger partial charge in [0.15, 0.2) is 11.7 Å². The summed E-state index contributed by atoms with van der Waals surface area (Å²) in [6.45, 7) is 6.09. The second-order valence-electron chi connectivity index (χ2n) is 4.14. The molecule has 2 rings (SSSR count). The van der Waals surface area contributed by atoms with Gasteiger partial charge in [0.2, 0.25) is 0 Å². The lowest BCUT2D eigenvalue weighted by molar-refractivity contribution is 0.494. The van der Waals surface area contributed by atoms with Crippen LogP contribution in [0, 0.1) is 6.92 Å². The molecule has 0 aromatic carbocycles. The van der Waals surface area contributed by atoms with Gasteiger partial charge in [0, 0.05) is 6.42 Å². The van der Waals surface area contributed by atoms with E-state index in [2.05, 4.69) is 17.2 Å². The highest BCUT2D eigenvalue weighted by Gasteiger charge is 2.13. The summed E-state index contributed by atoms with van der Waals surface area (Å²) in [5.41, 5.74) is 1.08. The fourth-order valence-corrected chi connectivity index (χ4v) is 2.90. The van der Waals surface area contributed by atoms with Gasteiger partial charge in [-0.3, -0.25) is 0 Å². The number of rotatable bonds is 6. The van der Waals surface area contributed by atoms with Gasteiger partial charge in [-0.2, -0.15) is 0 Å². The van der Waals surface area contributed by atoms with Crippen LogP contribution in [0.5, 0.6) is 0 Å². The van der Waals surface area contributed by atoms with E-state index in [-0.39, 0.29) is 0 Å². The molecule has 0 atom stereocenters. The standard InChI is InChI=1S/C13H17ClN2OS/c1-3-15-6-4-5-11-16-7-10(17-11)13-12(14)9(2)8-18-13/h7-8,15H,3-6H2,1-2H3. The first-order valence-electron chi connectivity index (χ1n) is 6.11. The lowest BCUT2D eigenvalue weighted by Gasteiger charge is -1.98. The van der Waals surface area contributed by atoms with Crippen molar-refractivity contribution in [2.75, 3.05) is 13.1 Å². The predicted molar refractivity (Wildman–Crippen MR) is 76.4 cm³/mol. The topological polar surface area (TPSA) is 38.1 Å². The van der Waals surface area contributed by atoms with Gasteiger partial charge in [-0.25, -0.2) is 4.98 Å². The molecular weight excluding hydrogens is 268 g/mol. The van der Waals surface area contributed by atoms with E-state index < -0.39 is 0 Å². The van der Waals surface area contributed by atoms with Crippen molar-refractivity contribution in [1.29, 1.82) is 0 Å². The highest BCUT2D eigenvalue weighted by atomic mass is 35.5. The first-order valence-corrected chi connectivity index (χ1v) is 7.37. The summed E-state index contributed by atoms with van der Waals surface area (Å²) in [7, 11) is 0. The van der Waals surface area contributed by atoms with E-state index in [1.165, 1.54) is 0 Å². The molecule has 0 bridgehead atoms. The van der Waals surface area contributed by atoms with Gasteiger partial charge in [0.25, 0.3) is 0 Å². The third-order valence-electron chi connectivity index (χ3n) is 2.67. The van der Waals surface area contributed by atoms with E-state index in [9.17, 15) is 0 Å². The van der Waals surface area contributed by atoms with Crippen LogP contribution >= 0.6 is 22.9 Å². The van der Waals surface area contributed by atoms with E-state index in [0.717, 1.165) is 53.0 Å². The van der Waals surface area contributed by atoms with Gasteiger partial charge in [-0.15, -0.1) is 11.3 Å². The molecule has 0 saturated heterocycles. The van der Waals surface area contributed by atoms with Crippen molar-refractivity contribution >= 4 is 22.9 Å². The zero-order chi connectivity index (χ0) is 13.0. The van der Waals surface area contributed by atoms with Gasteiger partial charge in [-0.1, -0.05) is 18.5 Å². The Labute approximate surface area is 116 Å². The second-order valence-corrected chi connectivity index (χ2v) is 5.39. The van der Waals surface area contributed by atoms with Crippen LogP contribution in [-0.2, 0) is 6.42 Å². The normalized spacial score (nSPS) is 11.1. The highest BCUT2D eigenvalue weighted by molar-refractivity contribution is 7.14. The van der Waals surface area contributed by atoms with Crippen molar-refractivity contribution in [2.45, 2.75) is 26.7 Å². The highest BCUT2D eigenvalue weighted by Crippen LogP contribution is 2.36. The van der Waals surface area contributed by atoms with Crippen LogP contribution in [-0.4, -0.2) is 18.1 Å². The van der Waals surface area contributed by atoms with E-state index in [1.54, 1.807) is 17.5 Å². The molecule has 3 nitrogen and oxygen atoms in total. The Balaban J connectivity index is 2.00. The van der Waals surface area contributed by atoms with Crippen molar-refractivity contribution in [3.05, 3.63) is 28.1 Å². The molecular formula is C13H17ClN2OS. The maximum Gasteiger partial charge on any atom is 0.194 e. The molecule has 0 unspecified atom stereocenters. The monoisotopic (exact) mass is 284 g/mol. The van der Waals surface area contributed by atoms with Crippen LogP contribution in [0.4, 0.5) is 0 Å². The lowest BCUT2D eigenvalue weighted by Crippen LogP contribution is -2.14. The molecule has 0 aliphatic heterocycles. The average molecular weight is 285 g/mol. The summed E-state index contributed by atoms with van der Waals surface area (Å²) in [5.74, 6) is 1.56. The van der Waals surface area contributed by atoms with E-state index in [4.69, 9.17) is 16.0 Å². The Morgan fingerprint density at radius 1 is 1.50 bits per heavy atom. The molecule has 0 spiro atoms. The molecule has 98 valence electrons. The van der Waals surface area contributed by atoms with Gasteiger partial charge in [0.05, 0.1) is 16.1 Å². The quantitative estimate of drug-likeness (QED) is 0.818. The molecule has 18 heavy (non-hydrogen) atoms. The minimum absolute atomic E-state index is 0.773. The summed E-state index contributed by atoms with van der Waals surface area (Å²) in [5, 5.41) is 6.09. The minimum Gasteiger partial charge on any atom is -0.440 e. The molecule has 2 aromatic rings. The fraction of sp³-hybridized carbons (Fsp3) is 0.462. The fourth-order valence-electron chi connectivity index (χ4n) is 1.67. The Morgan fingerprint density at radius 3 is 3.00 bits per heavy atom. The number of aromatic nitrogens is 1. The summed E-state index contributed by atoms with van der Waals surface area (Å²) >= 11 is 7.81. The average Bonchev–Trinajstić information content (AvgIpc) is 2.94. The second kappa shape index (κ2) is 6.36. The van der Waals surface area contributed by atoms with E-state index in [0.29, 0.717) is 0 Å². The number of nitrogens with one attached hydrogen (secondary N) is 1. The number of hydrogen-bond acceptors (Lipinski definition) is 4. The van der Waals surface area contributed by atoms with Gasteiger partial charge in [-0.05, 0) is 37.4 Å². The summed E-state index contributed by atoms with van der Waals surface area (Å²) in [6, 6.07) is 0. The Hall–Kier alpha value is -0.840. The van der Waals surface area contributed by atoms with Crippen LogP contribution in [0.3, 0.4) is 0 Å². The number of thiophene rings is 1. The Kier molecular flexibility index (Phi) is 4.80. The van der Waals surface area contributed by atoms with Crippen LogP contribution in [0.2, 0.25) is 5.02 Å². The predicted octanol–water partition coefficient (Wildman–Crippen LogP) is 3.91. The smallest absolute Gasteiger partial charge is 0.194 e. The molecule has 1 N–H and O–H groups in total. The zero-order valence-corrected chi connectivity index (χ0v) is 12.2. The first-order chi connectivity index (χ1) is 8.72. The molecule has 5 heteroatoms. The van der Waals surface area contributed by atoms with E-state index >= 15 is 0 Å². The van der Waals surface area contributed by atoms with Crippen molar-refractivity contribution in [3.8, 4) is 10.6 Å². The van der Waals surface area contributed by atoms with Crippen molar-refractivity contribution < 1.29 is 4.42 Å². The molecule has 0 radical (unpaired) electrons. The molecule has 2 aromatic heterocycles. The van der Waals surface area contributed by atoms with Crippen LogP contribution < -0.4 is 5.32 Å². The number of hydrogen-bond donors (Lipinski definition) is 1. The molecule has 0 fully saturated rings. The Bertz CT molecular complexity index is 507. The minimum atomic E-state index is 0.773. The summed E-state index contributed by atoms with van der Waals surface area (Å²) in [4.78, 5) is 5.27. The maximum absolute atomic E-state index is 6.21. The lowest BCUT2D eigenvalue weighted by atomic mass is 10.3. The van der Waals surface area contributed by atoms with Crippen LogP contribution in [0.1, 0.15) is 24.8 Å². The van der Waals surface area contributed by atoms with Gasteiger partial charge >= 0.3 is 0 Å². The summed E-state index contributed by atoms with van der Waals surface area (Å²) < 4.78 is 5.73. The summed E-state index contributed by atoms with van der Waals surface area (Å²) in [6.07, 6.45) is 3.65. The molecule has 2 heterocycles. The molecule has 0 aliphatic carbocycles. The van der Waals surface area contributed by atoms with E-state index in [1.807, 2.05) is 12.3 Å². The molecule has 0 saturated carbocycles. The largest absolute Gasteiger partial charge is 0.440 e. The third kappa shape index (κ3) is 3.13. The van der Waals surface area contributed by atoms with Crippen LogP contribution in [0.25, 0.3) is 10.6 Å². The van der Waals surface area contributed by atoms with Crippen molar-refractivity contribution in [1.82, 2.24) is 10.3 Å². The van der Waals surface area contributed by atoms with Crippen molar-refractivity contribution in [2.24, 2.45) is 0 Å². The van der Waals surface area contributed by atoms with Gasteiger partial charge < -0.3 is 9.73 Å². The zero-order valence-electron chi connectivity index (χ0n) is 10.6. The van der Waals surface area contributed by atoms with Crippen molar-refractivity contribution in [3.63, 3.8) is 0 Å².